The average molecular weight is 316 g/mol. The molecule has 3 rings (SSSR count). The van der Waals surface area contributed by atoms with Crippen LogP contribution in [0.5, 0.6) is 0 Å². The molecule has 0 spiro atoms. The number of hydrogen-bond acceptors (Lipinski definition) is 2. The molecule has 5 heteroatoms. The summed E-state index contributed by atoms with van der Waals surface area (Å²) >= 11 is 0. The highest BCUT2D eigenvalue weighted by molar-refractivity contribution is 5.94. The first-order valence-corrected chi connectivity index (χ1v) is 7.52. The van der Waals surface area contributed by atoms with Gasteiger partial charge in [0, 0.05) is 25.7 Å². The summed E-state index contributed by atoms with van der Waals surface area (Å²) in [5, 5.41) is 3.24. The number of amides is 1. The van der Waals surface area contributed by atoms with E-state index in [0.717, 1.165) is 30.8 Å². The lowest BCUT2D eigenvalue weighted by molar-refractivity contribution is 0.0742. The minimum absolute atomic E-state index is 0.142. The highest BCUT2D eigenvalue weighted by Gasteiger charge is 2.21. The Labute approximate surface area is 133 Å². The number of fused-ring (bicyclic) bond motifs is 1. The summed E-state index contributed by atoms with van der Waals surface area (Å²) in [5.74, 6) is -1.93. The van der Waals surface area contributed by atoms with Gasteiger partial charge in [0.1, 0.15) is 0 Å². The zero-order valence-corrected chi connectivity index (χ0v) is 13.1. The number of rotatable bonds is 3. The topological polar surface area (TPSA) is 32.3 Å². The SMILES string of the molecule is CC(c1ccc(F)c(F)c1)N(C)C(=O)c1ccc2c(c1)CNC2. The first kappa shape index (κ1) is 15.6. The molecule has 1 amide bonds. The van der Waals surface area contributed by atoms with E-state index in [4.69, 9.17) is 0 Å². The maximum atomic E-state index is 13.4. The quantitative estimate of drug-likeness (QED) is 0.941. The summed E-state index contributed by atoms with van der Waals surface area (Å²) in [4.78, 5) is 14.2. The van der Waals surface area contributed by atoms with E-state index in [2.05, 4.69) is 5.32 Å². The number of benzene rings is 2. The minimum atomic E-state index is -0.904. The molecule has 1 heterocycles. The van der Waals surface area contributed by atoms with Crippen LogP contribution in [-0.2, 0) is 13.1 Å². The van der Waals surface area contributed by atoms with Crippen molar-refractivity contribution in [2.24, 2.45) is 0 Å². The molecule has 0 aromatic heterocycles. The normalized spacial score (nSPS) is 14.4. The maximum Gasteiger partial charge on any atom is 0.254 e. The zero-order valence-electron chi connectivity index (χ0n) is 13.1. The van der Waals surface area contributed by atoms with E-state index in [1.54, 1.807) is 14.0 Å². The lowest BCUT2D eigenvalue weighted by Gasteiger charge is -2.25. The molecule has 2 aromatic rings. The summed E-state index contributed by atoms with van der Waals surface area (Å²) < 4.78 is 26.4. The van der Waals surface area contributed by atoms with Gasteiger partial charge in [-0.2, -0.15) is 0 Å². The smallest absolute Gasteiger partial charge is 0.254 e. The van der Waals surface area contributed by atoms with E-state index < -0.39 is 11.6 Å². The van der Waals surface area contributed by atoms with Gasteiger partial charge in [-0.25, -0.2) is 8.78 Å². The molecular weight excluding hydrogens is 298 g/mol. The van der Waals surface area contributed by atoms with Crippen molar-refractivity contribution >= 4 is 5.91 Å². The van der Waals surface area contributed by atoms with Gasteiger partial charge in [0.15, 0.2) is 11.6 Å². The van der Waals surface area contributed by atoms with Crippen LogP contribution in [0.25, 0.3) is 0 Å². The van der Waals surface area contributed by atoms with Crippen LogP contribution in [0.3, 0.4) is 0 Å². The van der Waals surface area contributed by atoms with Crippen LogP contribution in [-0.4, -0.2) is 17.9 Å². The van der Waals surface area contributed by atoms with Crippen LogP contribution in [0.15, 0.2) is 36.4 Å². The number of hydrogen-bond donors (Lipinski definition) is 1. The van der Waals surface area contributed by atoms with Gasteiger partial charge in [-0.15, -0.1) is 0 Å². The molecule has 0 aliphatic carbocycles. The average Bonchev–Trinajstić information content (AvgIpc) is 3.02. The van der Waals surface area contributed by atoms with Gasteiger partial charge in [-0.05, 0) is 47.9 Å². The fraction of sp³-hybridized carbons (Fsp3) is 0.278. The fourth-order valence-electron chi connectivity index (χ4n) is 2.80. The van der Waals surface area contributed by atoms with Gasteiger partial charge in [0.2, 0.25) is 0 Å². The van der Waals surface area contributed by atoms with Crippen LogP contribution in [0, 0.1) is 11.6 Å². The Morgan fingerprint density at radius 3 is 2.57 bits per heavy atom. The van der Waals surface area contributed by atoms with Gasteiger partial charge in [0.25, 0.3) is 5.91 Å². The molecule has 0 bridgehead atoms. The Bertz CT molecular complexity index is 761. The lowest BCUT2D eigenvalue weighted by atomic mass is 10.0. The Hall–Kier alpha value is -2.27. The first-order chi connectivity index (χ1) is 11.0. The monoisotopic (exact) mass is 316 g/mol. The Kier molecular flexibility index (Phi) is 4.13. The number of nitrogens with zero attached hydrogens (tertiary/aromatic N) is 1. The number of halogens is 2. The summed E-state index contributed by atoms with van der Waals surface area (Å²) in [6.45, 7) is 3.38. The number of carbonyl (C=O) groups excluding carboxylic acids is 1. The predicted molar refractivity (Wildman–Crippen MR) is 83.9 cm³/mol. The van der Waals surface area contributed by atoms with Crippen molar-refractivity contribution in [1.82, 2.24) is 10.2 Å². The van der Waals surface area contributed by atoms with Crippen LogP contribution in [0.1, 0.15) is 40.0 Å². The summed E-state index contributed by atoms with van der Waals surface area (Å²) in [5.41, 5.74) is 3.49. The molecule has 120 valence electrons. The van der Waals surface area contributed by atoms with Gasteiger partial charge < -0.3 is 10.2 Å². The van der Waals surface area contributed by atoms with Crippen molar-refractivity contribution in [1.29, 1.82) is 0 Å². The molecule has 1 aliphatic rings. The molecular formula is C18H18F2N2O. The van der Waals surface area contributed by atoms with Crippen molar-refractivity contribution in [3.63, 3.8) is 0 Å². The molecule has 0 radical (unpaired) electrons. The van der Waals surface area contributed by atoms with E-state index in [1.807, 2.05) is 18.2 Å². The Balaban J connectivity index is 1.82. The fourth-order valence-corrected chi connectivity index (χ4v) is 2.80. The highest BCUT2D eigenvalue weighted by atomic mass is 19.2. The molecule has 1 N–H and O–H groups in total. The van der Waals surface area contributed by atoms with Gasteiger partial charge in [-0.3, -0.25) is 4.79 Å². The standard InChI is InChI=1S/C18H18F2N2O/c1-11(12-5-6-16(19)17(20)8-12)22(2)18(23)13-3-4-14-9-21-10-15(14)7-13/h3-8,11,21H,9-10H2,1-2H3. The molecule has 0 fully saturated rings. The van der Waals surface area contributed by atoms with Crippen molar-refractivity contribution in [3.05, 3.63) is 70.3 Å². The minimum Gasteiger partial charge on any atom is -0.335 e. The number of nitrogens with one attached hydrogen (secondary N) is 1. The van der Waals surface area contributed by atoms with E-state index in [9.17, 15) is 13.6 Å². The Morgan fingerprint density at radius 2 is 1.83 bits per heavy atom. The molecule has 23 heavy (non-hydrogen) atoms. The van der Waals surface area contributed by atoms with Crippen LogP contribution < -0.4 is 5.32 Å². The third kappa shape index (κ3) is 2.97. The maximum absolute atomic E-state index is 13.4. The summed E-state index contributed by atoms with van der Waals surface area (Å²) in [7, 11) is 1.67. The van der Waals surface area contributed by atoms with Crippen molar-refractivity contribution < 1.29 is 13.6 Å². The van der Waals surface area contributed by atoms with Crippen LogP contribution in [0.4, 0.5) is 8.78 Å². The molecule has 0 saturated carbocycles. The van der Waals surface area contributed by atoms with E-state index >= 15 is 0 Å². The lowest BCUT2D eigenvalue weighted by Crippen LogP contribution is -2.29. The molecule has 1 unspecified atom stereocenters. The number of carbonyl (C=O) groups is 1. The van der Waals surface area contributed by atoms with E-state index in [-0.39, 0.29) is 11.9 Å². The Morgan fingerprint density at radius 1 is 1.09 bits per heavy atom. The molecule has 1 aliphatic heterocycles. The van der Waals surface area contributed by atoms with E-state index in [1.165, 1.54) is 16.5 Å². The third-order valence-corrected chi connectivity index (χ3v) is 4.41. The zero-order chi connectivity index (χ0) is 16.6. The second-order valence-corrected chi connectivity index (χ2v) is 5.85. The summed E-state index contributed by atoms with van der Waals surface area (Å²) in [6, 6.07) is 9.02. The van der Waals surface area contributed by atoms with Crippen molar-refractivity contribution in [3.8, 4) is 0 Å². The highest BCUT2D eigenvalue weighted by Crippen LogP contribution is 2.24. The third-order valence-electron chi connectivity index (χ3n) is 4.41. The van der Waals surface area contributed by atoms with Gasteiger partial charge in [-0.1, -0.05) is 12.1 Å². The first-order valence-electron chi connectivity index (χ1n) is 7.52. The van der Waals surface area contributed by atoms with Gasteiger partial charge in [0.05, 0.1) is 6.04 Å². The van der Waals surface area contributed by atoms with Crippen LogP contribution in [0.2, 0.25) is 0 Å². The second-order valence-electron chi connectivity index (χ2n) is 5.85. The summed E-state index contributed by atoms with van der Waals surface area (Å²) in [6.07, 6.45) is 0. The molecule has 0 saturated heterocycles. The van der Waals surface area contributed by atoms with Gasteiger partial charge >= 0.3 is 0 Å². The molecule has 1 atom stereocenters. The molecule has 2 aromatic carbocycles. The van der Waals surface area contributed by atoms with Crippen LogP contribution >= 0.6 is 0 Å². The van der Waals surface area contributed by atoms with Crippen molar-refractivity contribution in [2.45, 2.75) is 26.1 Å². The largest absolute Gasteiger partial charge is 0.335 e. The molecule has 3 nitrogen and oxygen atoms in total. The predicted octanol–water partition coefficient (Wildman–Crippen LogP) is 3.40. The van der Waals surface area contributed by atoms with E-state index in [0.29, 0.717) is 11.1 Å². The second kappa shape index (κ2) is 6.08. The van der Waals surface area contributed by atoms with Crippen molar-refractivity contribution in [2.75, 3.05) is 7.05 Å².